The number of anilines is 1. The molecule has 0 amide bonds. The molecule has 0 fully saturated rings. The van der Waals surface area contributed by atoms with Gasteiger partial charge in [-0.15, -0.1) is 0 Å². The second kappa shape index (κ2) is 9.98. The van der Waals surface area contributed by atoms with Gasteiger partial charge < -0.3 is 10.6 Å². The van der Waals surface area contributed by atoms with E-state index in [1.807, 2.05) is 30.3 Å². The van der Waals surface area contributed by atoms with Crippen LogP contribution in [0.25, 0.3) is 0 Å². The second-order valence-corrected chi connectivity index (χ2v) is 9.97. The van der Waals surface area contributed by atoms with Gasteiger partial charge in [0.2, 0.25) is 10.0 Å². The summed E-state index contributed by atoms with van der Waals surface area (Å²) in [5, 5.41) is 7.33. The van der Waals surface area contributed by atoms with Crippen molar-refractivity contribution in [1.82, 2.24) is 10.6 Å². The van der Waals surface area contributed by atoms with Gasteiger partial charge in [-0.05, 0) is 41.2 Å². The summed E-state index contributed by atoms with van der Waals surface area (Å²) in [6.45, 7) is 5.51. The van der Waals surface area contributed by atoms with E-state index in [-0.39, 0.29) is 5.41 Å². The zero-order valence-electron chi connectivity index (χ0n) is 17.3. The fourth-order valence-corrected chi connectivity index (χ4v) is 3.77. The Morgan fingerprint density at radius 2 is 1.83 bits per heavy atom. The Bertz CT molecular complexity index is 959. The average Bonchev–Trinajstić information content (AvgIpc) is 2.61. The summed E-state index contributed by atoms with van der Waals surface area (Å²) in [6, 6.07) is 15.2. The highest BCUT2D eigenvalue weighted by Crippen LogP contribution is 2.23. The standard InChI is InChI=1S/C21H29ClN4O2S/c1-21(2,13-16-8-7-10-18(22)12-16)15-25-20(23-3)24-14-17-9-5-6-11-19(17)26-29(4,27)28/h5-12,26H,13-15H2,1-4H3,(H2,23,24,25). The molecule has 158 valence electrons. The van der Waals surface area contributed by atoms with Crippen molar-refractivity contribution in [1.29, 1.82) is 0 Å². The van der Waals surface area contributed by atoms with Crippen molar-refractivity contribution in [2.45, 2.75) is 26.8 Å². The van der Waals surface area contributed by atoms with E-state index in [1.54, 1.807) is 19.2 Å². The number of guanidine groups is 1. The second-order valence-electron chi connectivity index (χ2n) is 7.78. The third-order valence-electron chi connectivity index (χ3n) is 4.29. The zero-order chi connectivity index (χ0) is 21.5. The molecule has 0 radical (unpaired) electrons. The SMILES string of the molecule is CN=C(NCc1ccccc1NS(C)(=O)=O)NCC(C)(C)Cc1cccc(Cl)c1. The molecule has 0 saturated heterocycles. The van der Waals surface area contributed by atoms with Gasteiger partial charge in [0.15, 0.2) is 5.96 Å². The summed E-state index contributed by atoms with van der Waals surface area (Å²) in [4.78, 5) is 4.27. The van der Waals surface area contributed by atoms with Crippen molar-refractivity contribution < 1.29 is 8.42 Å². The normalized spacial score (nSPS) is 12.5. The highest BCUT2D eigenvalue weighted by molar-refractivity contribution is 7.92. The largest absolute Gasteiger partial charge is 0.356 e. The van der Waals surface area contributed by atoms with Crippen molar-refractivity contribution in [2.24, 2.45) is 10.4 Å². The van der Waals surface area contributed by atoms with Crippen molar-refractivity contribution >= 4 is 33.3 Å². The van der Waals surface area contributed by atoms with Crippen LogP contribution in [0, 0.1) is 5.41 Å². The highest BCUT2D eigenvalue weighted by atomic mass is 35.5. The van der Waals surface area contributed by atoms with Gasteiger partial charge in [0.05, 0.1) is 11.9 Å². The number of hydrogen-bond acceptors (Lipinski definition) is 3. The van der Waals surface area contributed by atoms with E-state index in [4.69, 9.17) is 11.6 Å². The van der Waals surface area contributed by atoms with Gasteiger partial charge in [0.25, 0.3) is 0 Å². The minimum absolute atomic E-state index is 0.0158. The lowest BCUT2D eigenvalue weighted by Crippen LogP contribution is -2.42. The van der Waals surface area contributed by atoms with Gasteiger partial charge in [0, 0.05) is 25.2 Å². The number of para-hydroxylation sites is 1. The first kappa shape index (κ1) is 23.0. The van der Waals surface area contributed by atoms with E-state index in [2.05, 4.69) is 40.3 Å². The first-order valence-electron chi connectivity index (χ1n) is 9.33. The molecule has 0 aliphatic carbocycles. The molecule has 0 aromatic heterocycles. The highest BCUT2D eigenvalue weighted by Gasteiger charge is 2.19. The Labute approximate surface area is 178 Å². The van der Waals surface area contributed by atoms with Gasteiger partial charge in [-0.25, -0.2) is 8.42 Å². The summed E-state index contributed by atoms with van der Waals surface area (Å²) in [5.74, 6) is 0.651. The van der Waals surface area contributed by atoms with E-state index in [9.17, 15) is 8.42 Å². The predicted molar refractivity (Wildman–Crippen MR) is 122 cm³/mol. The average molecular weight is 437 g/mol. The number of nitrogens with zero attached hydrogens (tertiary/aromatic N) is 1. The smallest absolute Gasteiger partial charge is 0.229 e. The van der Waals surface area contributed by atoms with Crippen LogP contribution in [-0.2, 0) is 23.0 Å². The molecule has 0 aliphatic heterocycles. The summed E-state index contributed by atoms with van der Waals surface area (Å²) < 4.78 is 25.7. The van der Waals surface area contributed by atoms with Crippen LogP contribution < -0.4 is 15.4 Å². The summed E-state index contributed by atoms with van der Waals surface area (Å²) in [5.41, 5.74) is 2.56. The predicted octanol–water partition coefficient (Wildman–Crippen LogP) is 3.65. The van der Waals surface area contributed by atoms with E-state index in [0.717, 1.165) is 23.3 Å². The van der Waals surface area contributed by atoms with E-state index < -0.39 is 10.0 Å². The van der Waals surface area contributed by atoms with Crippen molar-refractivity contribution in [3.63, 3.8) is 0 Å². The van der Waals surface area contributed by atoms with E-state index >= 15 is 0 Å². The molecule has 3 N–H and O–H groups in total. The number of sulfonamides is 1. The third-order valence-corrected chi connectivity index (χ3v) is 5.11. The Hall–Kier alpha value is -2.25. The maximum absolute atomic E-state index is 11.6. The minimum Gasteiger partial charge on any atom is -0.356 e. The fourth-order valence-electron chi connectivity index (χ4n) is 2.96. The van der Waals surface area contributed by atoms with Crippen LogP contribution in [0.5, 0.6) is 0 Å². The molecule has 0 bridgehead atoms. The van der Waals surface area contributed by atoms with Gasteiger partial charge in [-0.1, -0.05) is 55.8 Å². The Morgan fingerprint density at radius 3 is 2.48 bits per heavy atom. The van der Waals surface area contributed by atoms with Gasteiger partial charge in [0.1, 0.15) is 0 Å². The van der Waals surface area contributed by atoms with Crippen LogP contribution in [0.1, 0.15) is 25.0 Å². The maximum atomic E-state index is 11.6. The number of nitrogens with one attached hydrogen (secondary N) is 3. The van der Waals surface area contributed by atoms with Crippen molar-refractivity contribution in [3.05, 3.63) is 64.7 Å². The van der Waals surface area contributed by atoms with Crippen LogP contribution >= 0.6 is 11.6 Å². The topological polar surface area (TPSA) is 82.6 Å². The number of benzene rings is 2. The molecule has 0 unspecified atom stereocenters. The number of halogens is 1. The van der Waals surface area contributed by atoms with Gasteiger partial charge in [-0.2, -0.15) is 0 Å². The van der Waals surface area contributed by atoms with E-state index in [1.165, 1.54) is 5.56 Å². The molecule has 8 heteroatoms. The lowest BCUT2D eigenvalue weighted by atomic mass is 9.86. The molecule has 2 aromatic rings. The summed E-state index contributed by atoms with van der Waals surface area (Å²) >= 11 is 6.09. The molecule has 0 atom stereocenters. The minimum atomic E-state index is -3.34. The monoisotopic (exact) mass is 436 g/mol. The lowest BCUT2D eigenvalue weighted by Gasteiger charge is -2.26. The van der Waals surface area contributed by atoms with Crippen LogP contribution in [0.3, 0.4) is 0 Å². The molecule has 0 spiro atoms. The summed E-state index contributed by atoms with van der Waals surface area (Å²) in [7, 11) is -1.63. The Kier molecular flexibility index (Phi) is 7.93. The number of hydrogen-bond donors (Lipinski definition) is 3. The molecule has 0 saturated carbocycles. The number of rotatable bonds is 8. The first-order chi connectivity index (χ1) is 13.6. The van der Waals surface area contributed by atoms with Crippen LogP contribution in [0.2, 0.25) is 5.02 Å². The fraction of sp³-hybridized carbons (Fsp3) is 0.381. The first-order valence-corrected chi connectivity index (χ1v) is 11.6. The maximum Gasteiger partial charge on any atom is 0.229 e. The molecule has 2 rings (SSSR count). The molecular weight excluding hydrogens is 408 g/mol. The zero-order valence-corrected chi connectivity index (χ0v) is 18.9. The number of aliphatic imine (C=N–C) groups is 1. The van der Waals surface area contributed by atoms with Crippen LogP contribution in [-0.4, -0.2) is 34.2 Å². The molecular formula is C21H29ClN4O2S. The van der Waals surface area contributed by atoms with Gasteiger partial charge in [-0.3, -0.25) is 9.71 Å². The lowest BCUT2D eigenvalue weighted by molar-refractivity contribution is 0.359. The molecule has 2 aromatic carbocycles. The van der Waals surface area contributed by atoms with Crippen LogP contribution in [0.4, 0.5) is 5.69 Å². The third kappa shape index (κ3) is 8.33. The molecule has 0 heterocycles. The molecule has 0 aliphatic rings. The van der Waals surface area contributed by atoms with Crippen LogP contribution in [0.15, 0.2) is 53.5 Å². The quantitative estimate of drug-likeness (QED) is 0.435. The summed E-state index contributed by atoms with van der Waals surface area (Å²) in [6.07, 6.45) is 2.01. The molecule has 6 nitrogen and oxygen atoms in total. The van der Waals surface area contributed by atoms with E-state index in [0.29, 0.717) is 24.7 Å². The van der Waals surface area contributed by atoms with Crippen molar-refractivity contribution in [2.75, 3.05) is 24.6 Å². The molecule has 29 heavy (non-hydrogen) atoms. The van der Waals surface area contributed by atoms with Crippen molar-refractivity contribution in [3.8, 4) is 0 Å². The Morgan fingerprint density at radius 1 is 1.10 bits per heavy atom. The van der Waals surface area contributed by atoms with Gasteiger partial charge >= 0.3 is 0 Å². The Balaban J connectivity index is 1.94.